The molecule has 3 rings (SSSR count). The van der Waals surface area contributed by atoms with Crippen LogP contribution in [0.3, 0.4) is 0 Å². The molecule has 0 aliphatic rings. The Morgan fingerprint density at radius 3 is 1.77 bits per heavy atom. The maximum Gasteiger partial charge on any atom is 0.272 e. The molecule has 0 atom stereocenters. The minimum Gasteiger partial charge on any atom is -0.268 e. The van der Waals surface area contributed by atoms with Crippen LogP contribution in [0, 0.1) is 13.8 Å². The summed E-state index contributed by atoms with van der Waals surface area (Å²) >= 11 is 0. The molecule has 0 saturated carbocycles. The summed E-state index contributed by atoms with van der Waals surface area (Å²) < 4.78 is 27.3. The molecule has 3 aromatic carbocycles. The highest BCUT2D eigenvalue weighted by Gasteiger charge is 2.31. The van der Waals surface area contributed by atoms with Gasteiger partial charge in [-0.2, -0.15) is 4.31 Å². The lowest BCUT2D eigenvalue weighted by Gasteiger charge is -2.23. The minimum atomic E-state index is -4.04. The van der Waals surface area contributed by atoms with Crippen LogP contribution in [0.1, 0.15) is 21.5 Å². The molecule has 0 saturated heterocycles. The summed E-state index contributed by atoms with van der Waals surface area (Å²) in [7, 11) is -4.04. The number of hydrogen-bond donors (Lipinski definition) is 0. The zero-order chi connectivity index (χ0) is 18.7. The topological polar surface area (TPSA) is 54.5 Å². The zero-order valence-electron chi connectivity index (χ0n) is 14.6. The predicted molar refractivity (Wildman–Crippen MR) is 103 cm³/mol. The van der Waals surface area contributed by atoms with Crippen molar-refractivity contribution in [2.45, 2.75) is 18.7 Å². The van der Waals surface area contributed by atoms with E-state index in [1.165, 1.54) is 12.1 Å². The molecule has 0 radical (unpaired) electrons. The van der Waals surface area contributed by atoms with E-state index in [0.717, 1.165) is 15.4 Å². The molecule has 0 spiro atoms. The quantitative estimate of drug-likeness (QED) is 0.691. The molecule has 5 heteroatoms. The summed E-state index contributed by atoms with van der Waals surface area (Å²) in [4.78, 5) is 13.2. The van der Waals surface area contributed by atoms with Crippen molar-refractivity contribution in [1.82, 2.24) is 0 Å². The van der Waals surface area contributed by atoms with E-state index < -0.39 is 15.9 Å². The fourth-order valence-electron chi connectivity index (χ4n) is 2.56. The van der Waals surface area contributed by atoms with E-state index in [9.17, 15) is 13.2 Å². The van der Waals surface area contributed by atoms with Gasteiger partial charge in [0, 0.05) is 5.56 Å². The average molecular weight is 365 g/mol. The molecule has 0 N–H and O–H groups in total. The number of anilines is 1. The van der Waals surface area contributed by atoms with E-state index in [2.05, 4.69) is 0 Å². The summed E-state index contributed by atoms with van der Waals surface area (Å²) in [5.41, 5.74) is 2.60. The number of hydrogen-bond acceptors (Lipinski definition) is 3. The van der Waals surface area contributed by atoms with Crippen LogP contribution in [0.4, 0.5) is 5.69 Å². The van der Waals surface area contributed by atoms with Gasteiger partial charge in [-0.05, 0) is 50.2 Å². The Morgan fingerprint density at radius 2 is 1.23 bits per heavy atom. The highest BCUT2D eigenvalue weighted by molar-refractivity contribution is 7.93. The van der Waals surface area contributed by atoms with Gasteiger partial charge in [-0.3, -0.25) is 4.79 Å². The van der Waals surface area contributed by atoms with E-state index in [1.807, 2.05) is 13.8 Å². The average Bonchev–Trinajstić information content (AvgIpc) is 2.64. The van der Waals surface area contributed by atoms with Crippen LogP contribution < -0.4 is 4.31 Å². The molecule has 26 heavy (non-hydrogen) atoms. The molecule has 0 bridgehead atoms. The minimum absolute atomic E-state index is 0.0704. The Hall–Kier alpha value is -2.92. The molecular weight excluding hydrogens is 346 g/mol. The second kappa shape index (κ2) is 7.14. The largest absolute Gasteiger partial charge is 0.272 e. The first kappa shape index (κ1) is 17.9. The number of carbonyl (C=O) groups is 1. The van der Waals surface area contributed by atoms with Gasteiger partial charge < -0.3 is 0 Å². The predicted octanol–water partition coefficient (Wildman–Crippen LogP) is 4.34. The molecule has 0 aliphatic heterocycles. The number of benzene rings is 3. The molecule has 0 aromatic heterocycles. The Bertz CT molecular complexity index is 1010. The van der Waals surface area contributed by atoms with Crippen LogP contribution in [0.2, 0.25) is 0 Å². The van der Waals surface area contributed by atoms with Crippen molar-refractivity contribution >= 4 is 21.6 Å². The van der Waals surface area contributed by atoms with E-state index in [1.54, 1.807) is 66.7 Å². The number of aryl methyl sites for hydroxylation is 2. The van der Waals surface area contributed by atoms with Crippen molar-refractivity contribution in [2.24, 2.45) is 0 Å². The van der Waals surface area contributed by atoms with Crippen molar-refractivity contribution in [1.29, 1.82) is 0 Å². The number of sulfonamides is 1. The number of rotatable bonds is 4. The Morgan fingerprint density at radius 1 is 0.731 bits per heavy atom. The van der Waals surface area contributed by atoms with Crippen LogP contribution >= 0.6 is 0 Å². The first-order valence-electron chi connectivity index (χ1n) is 8.17. The van der Waals surface area contributed by atoms with Gasteiger partial charge >= 0.3 is 0 Å². The molecule has 3 aromatic rings. The van der Waals surface area contributed by atoms with E-state index in [4.69, 9.17) is 0 Å². The fraction of sp³-hybridized carbons (Fsp3) is 0.0952. The zero-order valence-corrected chi connectivity index (χ0v) is 15.4. The summed E-state index contributed by atoms with van der Waals surface area (Å²) in [5.74, 6) is -0.585. The van der Waals surface area contributed by atoms with Crippen LogP contribution in [-0.4, -0.2) is 14.3 Å². The smallest absolute Gasteiger partial charge is 0.268 e. The summed E-state index contributed by atoms with van der Waals surface area (Å²) in [5, 5.41) is 0. The Labute approximate surface area is 153 Å². The number of carbonyl (C=O) groups excluding carboxylic acids is 1. The summed E-state index contributed by atoms with van der Waals surface area (Å²) in [6, 6.07) is 21.7. The Balaban J connectivity index is 2.15. The Kier molecular flexibility index (Phi) is 4.91. The van der Waals surface area contributed by atoms with Gasteiger partial charge in [0.15, 0.2) is 0 Å². The van der Waals surface area contributed by atoms with Crippen molar-refractivity contribution in [3.63, 3.8) is 0 Å². The number of nitrogens with zero attached hydrogens (tertiary/aromatic N) is 1. The lowest BCUT2D eigenvalue weighted by atomic mass is 10.1. The molecular formula is C21H19NO3S. The first-order valence-corrected chi connectivity index (χ1v) is 9.61. The molecule has 4 nitrogen and oxygen atoms in total. The van der Waals surface area contributed by atoms with Gasteiger partial charge in [0.25, 0.3) is 15.9 Å². The highest BCUT2D eigenvalue weighted by Crippen LogP contribution is 2.26. The van der Waals surface area contributed by atoms with Gasteiger partial charge in [0.1, 0.15) is 0 Å². The monoisotopic (exact) mass is 365 g/mol. The van der Waals surface area contributed by atoms with Crippen LogP contribution in [0.25, 0.3) is 0 Å². The fourth-order valence-corrected chi connectivity index (χ4v) is 3.99. The first-order chi connectivity index (χ1) is 12.4. The second-order valence-corrected chi connectivity index (χ2v) is 7.88. The maximum atomic E-state index is 13.2. The molecule has 0 unspecified atom stereocenters. The van der Waals surface area contributed by atoms with E-state index in [-0.39, 0.29) is 4.90 Å². The molecule has 0 fully saturated rings. The molecule has 0 heterocycles. The van der Waals surface area contributed by atoms with Gasteiger partial charge in [-0.15, -0.1) is 0 Å². The molecule has 1 amide bonds. The third-order valence-corrected chi connectivity index (χ3v) is 5.76. The molecule has 0 aliphatic carbocycles. The summed E-state index contributed by atoms with van der Waals surface area (Å²) in [6.45, 7) is 3.81. The lowest BCUT2D eigenvalue weighted by Crippen LogP contribution is -2.37. The third-order valence-electron chi connectivity index (χ3n) is 4.03. The van der Waals surface area contributed by atoms with Gasteiger partial charge in [-0.25, -0.2) is 8.42 Å². The van der Waals surface area contributed by atoms with Crippen molar-refractivity contribution in [3.8, 4) is 0 Å². The van der Waals surface area contributed by atoms with E-state index >= 15 is 0 Å². The SMILES string of the molecule is Cc1ccc(C(=O)N(c2ccc(C)cc2)S(=O)(=O)c2ccccc2)cc1. The van der Waals surface area contributed by atoms with Gasteiger partial charge in [-0.1, -0.05) is 53.6 Å². The third kappa shape index (κ3) is 3.53. The molecule has 132 valence electrons. The summed E-state index contributed by atoms with van der Waals surface area (Å²) in [6.07, 6.45) is 0. The highest BCUT2D eigenvalue weighted by atomic mass is 32.2. The lowest BCUT2D eigenvalue weighted by molar-refractivity contribution is 0.101. The number of amides is 1. The maximum absolute atomic E-state index is 13.2. The second-order valence-electron chi connectivity index (χ2n) is 6.09. The van der Waals surface area contributed by atoms with Crippen LogP contribution in [-0.2, 0) is 10.0 Å². The van der Waals surface area contributed by atoms with Crippen molar-refractivity contribution in [3.05, 3.63) is 95.6 Å². The normalized spacial score (nSPS) is 11.2. The van der Waals surface area contributed by atoms with Gasteiger partial charge in [0.05, 0.1) is 10.6 Å². The standard InChI is InChI=1S/C21H19NO3S/c1-16-8-12-18(13-9-16)21(23)22(19-14-10-17(2)11-15-19)26(24,25)20-6-4-3-5-7-20/h3-15H,1-2H3. The van der Waals surface area contributed by atoms with Crippen molar-refractivity contribution in [2.75, 3.05) is 4.31 Å². The van der Waals surface area contributed by atoms with E-state index in [0.29, 0.717) is 11.3 Å². The van der Waals surface area contributed by atoms with Gasteiger partial charge in [0.2, 0.25) is 0 Å². The van der Waals surface area contributed by atoms with Crippen LogP contribution in [0.5, 0.6) is 0 Å². The van der Waals surface area contributed by atoms with Crippen molar-refractivity contribution < 1.29 is 13.2 Å². The van der Waals surface area contributed by atoms with Crippen LogP contribution in [0.15, 0.2) is 83.8 Å².